The molecule has 3 aromatic carbocycles. The lowest BCUT2D eigenvalue weighted by atomic mass is 9.94. The number of nitrogens with one attached hydrogen (secondary N) is 1. The lowest BCUT2D eigenvalue weighted by molar-refractivity contribution is 0.0696. The van der Waals surface area contributed by atoms with Gasteiger partial charge < -0.3 is 15.0 Å². The molecule has 0 aliphatic heterocycles. The van der Waals surface area contributed by atoms with E-state index >= 15 is 0 Å². The maximum atomic E-state index is 13.5. The summed E-state index contributed by atoms with van der Waals surface area (Å²) >= 11 is 0. The molecular weight excluding hydrogens is 496 g/mol. The highest BCUT2D eigenvalue weighted by molar-refractivity contribution is 6.22. The third-order valence-corrected chi connectivity index (χ3v) is 8.23. The highest BCUT2D eigenvalue weighted by atomic mass is 16.3. The van der Waals surface area contributed by atoms with Crippen LogP contribution in [0.1, 0.15) is 73.0 Å². The van der Waals surface area contributed by atoms with Crippen LogP contribution in [0.3, 0.4) is 0 Å². The summed E-state index contributed by atoms with van der Waals surface area (Å²) in [4.78, 5) is 25.9. The molecule has 0 unspecified atom stereocenters. The molecule has 0 spiro atoms. The molecule has 1 aliphatic carbocycles. The number of rotatable bonds is 9. The van der Waals surface area contributed by atoms with Gasteiger partial charge in [-0.15, -0.1) is 0 Å². The first-order valence-electron chi connectivity index (χ1n) is 14.6. The number of H-pyrrole nitrogens is 1. The fourth-order valence-corrected chi connectivity index (χ4v) is 5.76. The number of hydrogen-bond acceptors (Lipinski definition) is 4. The molecular formula is C34H40N4O2. The number of hydrogen-bond donors (Lipinski definition) is 2. The second-order valence-corrected chi connectivity index (χ2v) is 10.8. The third kappa shape index (κ3) is 5.97. The number of benzene rings is 3. The molecule has 6 heteroatoms. The Hall–Kier alpha value is -3.90. The molecule has 1 aromatic heterocycles. The van der Waals surface area contributed by atoms with Crippen molar-refractivity contribution in [2.45, 2.75) is 58.5 Å². The Morgan fingerprint density at radius 1 is 0.925 bits per heavy atom. The van der Waals surface area contributed by atoms with Gasteiger partial charge in [-0.3, -0.25) is 9.69 Å². The van der Waals surface area contributed by atoms with E-state index in [9.17, 15) is 9.90 Å². The van der Waals surface area contributed by atoms with Crippen LogP contribution in [0, 0.1) is 0 Å². The Morgan fingerprint density at radius 3 is 2.30 bits per heavy atom. The molecule has 4 aromatic rings. The summed E-state index contributed by atoms with van der Waals surface area (Å²) < 4.78 is 0. The number of aliphatic imine (C=N–C) groups is 1. The molecule has 1 saturated carbocycles. The third-order valence-electron chi connectivity index (χ3n) is 8.23. The van der Waals surface area contributed by atoms with Crippen LogP contribution in [0.5, 0.6) is 5.88 Å². The minimum Gasteiger partial charge on any atom is -0.494 e. The van der Waals surface area contributed by atoms with Gasteiger partial charge in [-0.25, -0.2) is 4.99 Å². The molecule has 1 heterocycles. The van der Waals surface area contributed by atoms with E-state index in [1.807, 2.05) is 72.6 Å². The molecule has 1 aliphatic rings. The molecule has 0 radical (unpaired) electrons. The Balaban J connectivity index is 1.54. The molecule has 0 atom stereocenters. The van der Waals surface area contributed by atoms with Gasteiger partial charge >= 0.3 is 0 Å². The molecule has 0 bridgehead atoms. The summed E-state index contributed by atoms with van der Waals surface area (Å²) in [6.45, 7) is 7.27. The van der Waals surface area contributed by atoms with E-state index in [0.29, 0.717) is 16.8 Å². The second-order valence-electron chi connectivity index (χ2n) is 10.8. The van der Waals surface area contributed by atoms with Crippen LogP contribution in [-0.2, 0) is 6.54 Å². The van der Waals surface area contributed by atoms with Crippen molar-refractivity contribution in [3.05, 3.63) is 95.1 Å². The lowest BCUT2D eigenvalue weighted by Crippen LogP contribution is -2.38. The average Bonchev–Trinajstić information content (AvgIpc) is 3.34. The van der Waals surface area contributed by atoms with Crippen LogP contribution < -0.4 is 0 Å². The Morgan fingerprint density at radius 2 is 1.62 bits per heavy atom. The van der Waals surface area contributed by atoms with Crippen molar-refractivity contribution >= 4 is 28.2 Å². The van der Waals surface area contributed by atoms with E-state index in [2.05, 4.69) is 35.9 Å². The highest BCUT2D eigenvalue weighted by Crippen LogP contribution is 2.33. The summed E-state index contributed by atoms with van der Waals surface area (Å²) in [5.41, 5.74) is 5.58. The van der Waals surface area contributed by atoms with Gasteiger partial charge in [-0.1, -0.05) is 75.6 Å². The average molecular weight is 537 g/mol. The summed E-state index contributed by atoms with van der Waals surface area (Å²) in [6.07, 6.45) is 5.70. The van der Waals surface area contributed by atoms with Crippen molar-refractivity contribution in [2.24, 2.45) is 4.99 Å². The van der Waals surface area contributed by atoms with Gasteiger partial charge in [0, 0.05) is 41.7 Å². The maximum absolute atomic E-state index is 13.5. The summed E-state index contributed by atoms with van der Waals surface area (Å²) in [7, 11) is 1.92. The van der Waals surface area contributed by atoms with Gasteiger partial charge in [0.1, 0.15) is 0 Å². The molecule has 5 rings (SSSR count). The zero-order valence-corrected chi connectivity index (χ0v) is 23.9. The zero-order valence-electron chi connectivity index (χ0n) is 23.9. The fraction of sp³-hybridized carbons (Fsp3) is 0.353. The van der Waals surface area contributed by atoms with Gasteiger partial charge in [-0.2, -0.15) is 0 Å². The minimum atomic E-state index is 0.0161. The number of amides is 1. The summed E-state index contributed by atoms with van der Waals surface area (Å²) in [6, 6.07) is 24.1. The van der Waals surface area contributed by atoms with E-state index in [4.69, 9.17) is 4.99 Å². The van der Waals surface area contributed by atoms with Crippen molar-refractivity contribution in [1.82, 2.24) is 14.8 Å². The van der Waals surface area contributed by atoms with Crippen molar-refractivity contribution in [3.8, 4) is 5.88 Å². The molecule has 40 heavy (non-hydrogen) atoms. The fourth-order valence-electron chi connectivity index (χ4n) is 5.76. The van der Waals surface area contributed by atoms with Gasteiger partial charge in [0.05, 0.1) is 17.0 Å². The first-order valence-corrected chi connectivity index (χ1v) is 14.6. The van der Waals surface area contributed by atoms with E-state index in [1.165, 1.54) is 24.8 Å². The standard InChI is InChI=1S/C34H40N4O2/c1-4-38(5-2)23-24-16-19-27(20-17-24)35-32(25-12-8-6-9-13-25)31-29-22-26(18-21-30(29)36-33(31)39)34(40)37(3)28-14-10-7-11-15-28/h6,8-9,12-13,16-22,28,36,39H,4-5,7,10-11,14-15,23H2,1-3H3. The van der Waals surface area contributed by atoms with Crippen LogP contribution >= 0.6 is 0 Å². The second kappa shape index (κ2) is 12.5. The predicted octanol–water partition coefficient (Wildman–Crippen LogP) is 7.29. The first kappa shape index (κ1) is 27.7. The number of aromatic hydroxyl groups is 1. The highest BCUT2D eigenvalue weighted by Gasteiger charge is 2.25. The number of fused-ring (bicyclic) bond motifs is 1. The van der Waals surface area contributed by atoms with Crippen LogP contribution in [0.15, 0.2) is 77.8 Å². The smallest absolute Gasteiger partial charge is 0.253 e. The van der Waals surface area contributed by atoms with E-state index in [-0.39, 0.29) is 17.8 Å². The number of carbonyl (C=O) groups is 1. The summed E-state index contributed by atoms with van der Waals surface area (Å²) in [5.74, 6) is 0.0587. The molecule has 1 fully saturated rings. The van der Waals surface area contributed by atoms with Crippen molar-refractivity contribution in [2.75, 3.05) is 20.1 Å². The monoisotopic (exact) mass is 536 g/mol. The van der Waals surface area contributed by atoms with Gasteiger partial charge in [0.15, 0.2) is 5.88 Å². The van der Waals surface area contributed by atoms with Gasteiger partial charge in [0.25, 0.3) is 5.91 Å². The Labute approximate surface area is 237 Å². The van der Waals surface area contributed by atoms with Crippen LogP contribution in [0.25, 0.3) is 10.9 Å². The zero-order chi connectivity index (χ0) is 28.1. The molecule has 2 N–H and O–H groups in total. The number of aromatic nitrogens is 1. The van der Waals surface area contributed by atoms with Crippen LogP contribution in [-0.4, -0.2) is 57.7 Å². The predicted molar refractivity (Wildman–Crippen MR) is 164 cm³/mol. The van der Waals surface area contributed by atoms with Crippen LogP contribution in [0.4, 0.5) is 5.69 Å². The number of carbonyl (C=O) groups excluding carboxylic acids is 1. The van der Waals surface area contributed by atoms with Crippen molar-refractivity contribution in [3.63, 3.8) is 0 Å². The van der Waals surface area contributed by atoms with Gasteiger partial charge in [-0.05, 0) is 61.8 Å². The largest absolute Gasteiger partial charge is 0.494 e. The maximum Gasteiger partial charge on any atom is 0.253 e. The van der Waals surface area contributed by atoms with Crippen molar-refractivity contribution < 1.29 is 9.90 Å². The van der Waals surface area contributed by atoms with Crippen LogP contribution in [0.2, 0.25) is 0 Å². The molecule has 208 valence electrons. The van der Waals surface area contributed by atoms with Crippen molar-refractivity contribution in [1.29, 1.82) is 0 Å². The first-order chi connectivity index (χ1) is 19.5. The van der Waals surface area contributed by atoms with Gasteiger partial charge in [0.2, 0.25) is 0 Å². The normalized spacial score (nSPS) is 14.7. The van der Waals surface area contributed by atoms with E-state index < -0.39 is 0 Å². The van der Waals surface area contributed by atoms with E-state index in [0.717, 1.165) is 54.6 Å². The van der Waals surface area contributed by atoms with E-state index in [1.54, 1.807) is 0 Å². The Kier molecular flexibility index (Phi) is 8.66. The lowest BCUT2D eigenvalue weighted by Gasteiger charge is -2.31. The summed E-state index contributed by atoms with van der Waals surface area (Å²) in [5, 5.41) is 11.9. The minimum absolute atomic E-state index is 0.0161. The SMILES string of the molecule is CCN(CC)Cc1ccc(N=C(c2ccccc2)c2c(O)[nH]c3ccc(C(=O)N(C)C4CCCCC4)cc23)cc1. The number of nitrogens with zero attached hydrogens (tertiary/aromatic N) is 3. The molecule has 1 amide bonds. The topological polar surface area (TPSA) is 71.9 Å². The number of aromatic amines is 1. The molecule has 0 saturated heterocycles. The Bertz CT molecular complexity index is 1460. The quantitative estimate of drug-likeness (QED) is 0.221. The molecule has 6 nitrogen and oxygen atoms in total.